The number of anilines is 2. The van der Waals surface area contributed by atoms with Gasteiger partial charge in [0.15, 0.2) is 0 Å². The molecule has 0 bridgehead atoms. The summed E-state index contributed by atoms with van der Waals surface area (Å²) in [4.78, 5) is 12.4. The SMILES string of the molecule is Nc1onc(-c2ccc(F)cc2)c1C(=O)Nc1ccc(S(N)(=O)=O)cc1. The molecule has 0 radical (unpaired) electrons. The molecular formula is C16H13FN4O4S. The standard InChI is InChI=1S/C16H13FN4O4S/c17-10-3-1-9(2-4-10)14-13(15(18)25-21-14)16(22)20-11-5-7-12(8-6-11)26(19,23)24/h1-8H,18H2,(H,20,22)(H2,19,23,24). The van der Waals surface area contributed by atoms with Crippen LogP contribution in [0.2, 0.25) is 0 Å². The smallest absolute Gasteiger partial charge is 0.263 e. The zero-order chi connectivity index (χ0) is 18.9. The number of nitrogens with zero attached hydrogens (tertiary/aromatic N) is 1. The Bertz CT molecular complexity index is 1060. The summed E-state index contributed by atoms with van der Waals surface area (Å²) in [6.07, 6.45) is 0. The number of hydrogen-bond acceptors (Lipinski definition) is 6. The molecule has 1 amide bonds. The van der Waals surface area contributed by atoms with Crippen molar-refractivity contribution in [2.24, 2.45) is 5.14 Å². The molecule has 0 fully saturated rings. The van der Waals surface area contributed by atoms with Crippen LogP contribution >= 0.6 is 0 Å². The molecule has 26 heavy (non-hydrogen) atoms. The second kappa shape index (κ2) is 6.58. The Hall–Kier alpha value is -3.24. The molecular weight excluding hydrogens is 363 g/mol. The Kier molecular flexibility index (Phi) is 4.45. The van der Waals surface area contributed by atoms with Crippen molar-refractivity contribution in [1.82, 2.24) is 5.16 Å². The van der Waals surface area contributed by atoms with Crippen LogP contribution in [-0.4, -0.2) is 19.5 Å². The fourth-order valence-electron chi connectivity index (χ4n) is 2.25. The lowest BCUT2D eigenvalue weighted by atomic mass is 10.1. The molecule has 0 saturated carbocycles. The number of nitrogens with one attached hydrogen (secondary N) is 1. The van der Waals surface area contributed by atoms with Crippen LogP contribution in [0.25, 0.3) is 11.3 Å². The topological polar surface area (TPSA) is 141 Å². The minimum absolute atomic E-state index is 0.0212. The molecule has 0 spiro atoms. The Morgan fingerprint density at radius 3 is 2.27 bits per heavy atom. The third kappa shape index (κ3) is 3.55. The Morgan fingerprint density at radius 2 is 1.69 bits per heavy atom. The predicted molar refractivity (Wildman–Crippen MR) is 92.1 cm³/mol. The van der Waals surface area contributed by atoms with Gasteiger partial charge in [-0.1, -0.05) is 5.16 Å². The molecule has 1 heterocycles. The molecule has 0 aliphatic carbocycles. The van der Waals surface area contributed by atoms with Gasteiger partial charge in [-0.2, -0.15) is 0 Å². The van der Waals surface area contributed by atoms with Gasteiger partial charge in [0, 0.05) is 11.3 Å². The minimum atomic E-state index is -3.83. The number of aromatic nitrogens is 1. The van der Waals surface area contributed by atoms with Crippen molar-refractivity contribution in [1.29, 1.82) is 0 Å². The van der Waals surface area contributed by atoms with Crippen LogP contribution in [0.15, 0.2) is 57.9 Å². The van der Waals surface area contributed by atoms with Crippen molar-refractivity contribution in [3.8, 4) is 11.3 Å². The predicted octanol–water partition coefficient (Wildman–Crippen LogP) is 1.96. The van der Waals surface area contributed by atoms with Crippen molar-refractivity contribution in [3.05, 3.63) is 59.9 Å². The first-order valence-corrected chi connectivity index (χ1v) is 8.75. The Morgan fingerprint density at radius 1 is 1.08 bits per heavy atom. The van der Waals surface area contributed by atoms with Gasteiger partial charge in [-0.25, -0.2) is 17.9 Å². The van der Waals surface area contributed by atoms with Gasteiger partial charge in [-0.05, 0) is 48.5 Å². The fraction of sp³-hybridized carbons (Fsp3) is 0. The molecule has 134 valence electrons. The number of halogens is 1. The van der Waals surface area contributed by atoms with E-state index in [1.165, 1.54) is 48.5 Å². The fourth-order valence-corrected chi connectivity index (χ4v) is 2.76. The van der Waals surface area contributed by atoms with E-state index in [-0.39, 0.29) is 22.0 Å². The Labute approximate surface area is 147 Å². The summed E-state index contributed by atoms with van der Waals surface area (Å²) in [6.45, 7) is 0. The highest BCUT2D eigenvalue weighted by molar-refractivity contribution is 7.89. The van der Waals surface area contributed by atoms with Crippen LogP contribution in [0.3, 0.4) is 0 Å². The Balaban J connectivity index is 1.89. The summed E-state index contributed by atoms with van der Waals surface area (Å²) in [5, 5.41) is 11.3. The number of benzene rings is 2. The van der Waals surface area contributed by atoms with Gasteiger partial charge in [0.1, 0.15) is 17.1 Å². The lowest BCUT2D eigenvalue weighted by molar-refractivity contribution is 0.102. The number of hydrogen-bond donors (Lipinski definition) is 3. The van der Waals surface area contributed by atoms with Gasteiger partial charge in [0.05, 0.1) is 4.90 Å². The summed E-state index contributed by atoms with van der Waals surface area (Å²) in [6, 6.07) is 10.6. The van der Waals surface area contributed by atoms with E-state index in [9.17, 15) is 17.6 Å². The third-order valence-electron chi connectivity index (χ3n) is 3.50. The lowest BCUT2D eigenvalue weighted by Gasteiger charge is -2.06. The molecule has 0 aliphatic heterocycles. The molecule has 10 heteroatoms. The molecule has 8 nitrogen and oxygen atoms in total. The minimum Gasteiger partial charge on any atom is -0.367 e. The number of nitrogens with two attached hydrogens (primary N) is 2. The summed E-state index contributed by atoms with van der Waals surface area (Å²) >= 11 is 0. The molecule has 0 atom stereocenters. The number of rotatable bonds is 4. The number of carbonyl (C=O) groups excluding carboxylic acids is 1. The number of primary sulfonamides is 1. The molecule has 1 aromatic heterocycles. The van der Waals surface area contributed by atoms with Gasteiger partial charge in [0.2, 0.25) is 15.9 Å². The van der Waals surface area contributed by atoms with Crippen molar-refractivity contribution in [3.63, 3.8) is 0 Å². The van der Waals surface area contributed by atoms with Crippen LogP contribution in [0.5, 0.6) is 0 Å². The summed E-state index contributed by atoms with van der Waals surface area (Å²) in [5.74, 6) is -1.26. The number of sulfonamides is 1. The summed E-state index contributed by atoms with van der Waals surface area (Å²) in [7, 11) is -3.83. The average Bonchev–Trinajstić information content (AvgIpc) is 2.97. The maximum atomic E-state index is 13.1. The number of nitrogen functional groups attached to an aromatic ring is 1. The molecule has 3 rings (SSSR count). The quantitative estimate of drug-likeness (QED) is 0.635. The highest BCUT2D eigenvalue weighted by atomic mass is 32.2. The normalized spacial score (nSPS) is 11.3. The first-order chi connectivity index (χ1) is 12.3. The first-order valence-electron chi connectivity index (χ1n) is 7.21. The monoisotopic (exact) mass is 376 g/mol. The molecule has 0 unspecified atom stereocenters. The molecule has 5 N–H and O–H groups in total. The average molecular weight is 376 g/mol. The van der Waals surface area contributed by atoms with Gasteiger partial charge >= 0.3 is 0 Å². The van der Waals surface area contributed by atoms with Gasteiger partial charge in [0.25, 0.3) is 5.91 Å². The largest absolute Gasteiger partial charge is 0.367 e. The number of amides is 1. The lowest BCUT2D eigenvalue weighted by Crippen LogP contribution is -2.15. The van der Waals surface area contributed by atoms with Crippen molar-refractivity contribution in [2.45, 2.75) is 4.90 Å². The maximum absolute atomic E-state index is 13.1. The number of carbonyl (C=O) groups is 1. The second-order valence-electron chi connectivity index (χ2n) is 5.30. The first kappa shape index (κ1) is 17.6. The van der Waals surface area contributed by atoms with E-state index in [0.717, 1.165) is 0 Å². The van der Waals surface area contributed by atoms with Crippen LogP contribution in [0, 0.1) is 5.82 Å². The van der Waals surface area contributed by atoms with Crippen molar-refractivity contribution < 1.29 is 22.1 Å². The van der Waals surface area contributed by atoms with E-state index in [2.05, 4.69) is 10.5 Å². The van der Waals surface area contributed by atoms with Gasteiger partial charge in [-0.3, -0.25) is 4.79 Å². The summed E-state index contributed by atoms with van der Waals surface area (Å²) in [5.41, 5.74) is 6.58. The van der Waals surface area contributed by atoms with E-state index < -0.39 is 21.7 Å². The van der Waals surface area contributed by atoms with E-state index in [1.54, 1.807) is 0 Å². The summed E-state index contributed by atoms with van der Waals surface area (Å²) < 4.78 is 40.5. The van der Waals surface area contributed by atoms with E-state index in [4.69, 9.17) is 15.4 Å². The van der Waals surface area contributed by atoms with Crippen LogP contribution in [0.4, 0.5) is 16.0 Å². The zero-order valence-electron chi connectivity index (χ0n) is 13.1. The highest BCUT2D eigenvalue weighted by Gasteiger charge is 2.22. The van der Waals surface area contributed by atoms with Crippen LogP contribution in [-0.2, 0) is 10.0 Å². The van der Waals surface area contributed by atoms with E-state index in [0.29, 0.717) is 11.3 Å². The molecule has 0 aliphatic rings. The van der Waals surface area contributed by atoms with Gasteiger partial charge < -0.3 is 15.6 Å². The van der Waals surface area contributed by atoms with Crippen molar-refractivity contribution in [2.75, 3.05) is 11.1 Å². The maximum Gasteiger partial charge on any atom is 0.263 e. The van der Waals surface area contributed by atoms with Gasteiger partial charge in [-0.15, -0.1) is 0 Å². The molecule has 3 aromatic rings. The second-order valence-corrected chi connectivity index (χ2v) is 6.86. The molecule has 0 saturated heterocycles. The molecule has 2 aromatic carbocycles. The third-order valence-corrected chi connectivity index (χ3v) is 4.43. The highest BCUT2D eigenvalue weighted by Crippen LogP contribution is 2.28. The van der Waals surface area contributed by atoms with Crippen LogP contribution < -0.4 is 16.2 Å². The van der Waals surface area contributed by atoms with E-state index >= 15 is 0 Å². The van der Waals surface area contributed by atoms with Crippen LogP contribution in [0.1, 0.15) is 10.4 Å². The van der Waals surface area contributed by atoms with E-state index in [1.807, 2.05) is 0 Å². The van der Waals surface area contributed by atoms with Crippen molar-refractivity contribution >= 4 is 27.5 Å². The zero-order valence-corrected chi connectivity index (χ0v) is 14.0.